The lowest BCUT2D eigenvalue weighted by atomic mass is 10.1. The monoisotopic (exact) mass is 422 g/mol. The fraction of sp³-hybridized carbons (Fsp3) is 0.400. The molecule has 0 amide bonds. The SMILES string of the molecule is COc1ccc(C(C)=O)cc1COC(=O)/C(C#N)=C/c1cc(C)n(CCC(C)C)c1C. The molecule has 0 saturated heterocycles. The van der Waals surface area contributed by atoms with Crippen molar-refractivity contribution in [1.29, 1.82) is 5.26 Å². The van der Waals surface area contributed by atoms with Crippen molar-refractivity contribution in [3.63, 3.8) is 0 Å². The molecule has 0 spiro atoms. The van der Waals surface area contributed by atoms with Gasteiger partial charge in [0.15, 0.2) is 5.78 Å². The third-order valence-corrected chi connectivity index (χ3v) is 5.23. The summed E-state index contributed by atoms with van der Waals surface area (Å²) < 4.78 is 12.8. The number of hydrogen-bond acceptors (Lipinski definition) is 5. The second-order valence-corrected chi connectivity index (χ2v) is 7.99. The van der Waals surface area contributed by atoms with Crippen LogP contribution in [-0.4, -0.2) is 23.4 Å². The number of Topliss-reactive ketones (excluding diaryl/α,β-unsaturated/α-hetero) is 1. The first kappa shape index (κ1) is 23.9. The molecule has 1 aromatic heterocycles. The Balaban J connectivity index is 2.21. The minimum Gasteiger partial charge on any atom is -0.496 e. The lowest BCUT2D eigenvalue weighted by Crippen LogP contribution is -2.08. The van der Waals surface area contributed by atoms with Crippen LogP contribution in [0.4, 0.5) is 0 Å². The van der Waals surface area contributed by atoms with Crippen LogP contribution < -0.4 is 4.74 Å². The van der Waals surface area contributed by atoms with Crippen LogP contribution in [0.3, 0.4) is 0 Å². The number of rotatable bonds is 9. The molecule has 31 heavy (non-hydrogen) atoms. The van der Waals surface area contributed by atoms with Gasteiger partial charge in [0.2, 0.25) is 0 Å². The average Bonchev–Trinajstić information content (AvgIpc) is 3.00. The van der Waals surface area contributed by atoms with E-state index in [-0.39, 0.29) is 18.0 Å². The Kier molecular flexibility index (Phi) is 8.21. The summed E-state index contributed by atoms with van der Waals surface area (Å²) in [6.45, 7) is 10.6. The van der Waals surface area contributed by atoms with E-state index >= 15 is 0 Å². The number of hydrogen-bond donors (Lipinski definition) is 0. The largest absolute Gasteiger partial charge is 0.496 e. The number of ether oxygens (including phenoxy) is 2. The maximum absolute atomic E-state index is 12.6. The predicted molar refractivity (Wildman–Crippen MR) is 120 cm³/mol. The number of esters is 1. The van der Waals surface area contributed by atoms with Crippen LogP contribution in [-0.2, 0) is 22.7 Å². The molecule has 1 heterocycles. The zero-order chi connectivity index (χ0) is 23.1. The van der Waals surface area contributed by atoms with E-state index < -0.39 is 5.97 Å². The van der Waals surface area contributed by atoms with Crippen molar-refractivity contribution >= 4 is 17.8 Å². The Morgan fingerprint density at radius 1 is 1.23 bits per heavy atom. The van der Waals surface area contributed by atoms with Gasteiger partial charge in [0.25, 0.3) is 0 Å². The van der Waals surface area contributed by atoms with Gasteiger partial charge in [-0.2, -0.15) is 5.26 Å². The van der Waals surface area contributed by atoms with Gasteiger partial charge < -0.3 is 14.0 Å². The Labute approximate surface area is 184 Å². The van der Waals surface area contributed by atoms with Gasteiger partial charge in [0, 0.05) is 29.1 Å². The highest BCUT2D eigenvalue weighted by Crippen LogP contribution is 2.23. The molecule has 0 aliphatic heterocycles. The molecule has 164 valence electrons. The maximum atomic E-state index is 12.6. The van der Waals surface area contributed by atoms with Gasteiger partial charge >= 0.3 is 5.97 Å². The summed E-state index contributed by atoms with van der Waals surface area (Å²) in [6, 6.07) is 8.86. The number of aromatic nitrogens is 1. The highest BCUT2D eigenvalue weighted by Gasteiger charge is 2.16. The first-order valence-electron chi connectivity index (χ1n) is 10.3. The number of benzene rings is 1. The van der Waals surface area contributed by atoms with Gasteiger partial charge in [0.05, 0.1) is 7.11 Å². The molecule has 0 atom stereocenters. The van der Waals surface area contributed by atoms with E-state index in [2.05, 4.69) is 18.4 Å². The standard InChI is InChI=1S/C25H30N2O4/c1-16(2)9-10-27-17(3)11-21(18(27)4)13-22(14-26)25(29)31-15-23-12-20(19(5)28)7-8-24(23)30-6/h7-8,11-13,16H,9-10,15H2,1-6H3/b22-13+. The van der Waals surface area contributed by atoms with Crippen molar-refractivity contribution in [1.82, 2.24) is 4.57 Å². The first-order valence-corrected chi connectivity index (χ1v) is 10.3. The number of nitriles is 1. The zero-order valence-corrected chi connectivity index (χ0v) is 19.1. The van der Waals surface area contributed by atoms with E-state index in [4.69, 9.17) is 9.47 Å². The van der Waals surface area contributed by atoms with Gasteiger partial charge in [-0.3, -0.25) is 4.79 Å². The predicted octanol–water partition coefficient (Wildman–Crippen LogP) is 5.01. The Hall–Kier alpha value is -3.33. The smallest absolute Gasteiger partial charge is 0.349 e. The summed E-state index contributed by atoms with van der Waals surface area (Å²) >= 11 is 0. The topological polar surface area (TPSA) is 81.3 Å². The summed E-state index contributed by atoms with van der Waals surface area (Å²) in [5, 5.41) is 9.52. The Bertz CT molecular complexity index is 1040. The fourth-order valence-electron chi connectivity index (χ4n) is 3.33. The van der Waals surface area contributed by atoms with E-state index in [0.717, 1.165) is 29.9 Å². The van der Waals surface area contributed by atoms with E-state index in [0.29, 0.717) is 22.8 Å². The average molecular weight is 423 g/mol. The van der Waals surface area contributed by atoms with Crippen LogP contribution in [0.15, 0.2) is 29.8 Å². The third kappa shape index (κ3) is 6.08. The highest BCUT2D eigenvalue weighted by atomic mass is 16.5. The normalized spacial score (nSPS) is 11.4. The third-order valence-electron chi connectivity index (χ3n) is 5.23. The number of nitrogens with zero attached hydrogens (tertiary/aromatic N) is 2. The van der Waals surface area contributed by atoms with Crippen LogP contribution in [0.2, 0.25) is 0 Å². The minimum absolute atomic E-state index is 0.0780. The van der Waals surface area contributed by atoms with E-state index in [1.807, 2.05) is 26.0 Å². The minimum atomic E-state index is -0.718. The van der Waals surface area contributed by atoms with Gasteiger partial charge in [-0.05, 0) is 69.0 Å². The quantitative estimate of drug-likeness (QED) is 0.245. The summed E-state index contributed by atoms with van der Waals surface area (Å²) in [6.07, 6.45) is 2.62. The van der Waals surface area contributed by atoms with Crippen molar-refractivity contribution in [2.75, 3.05) is 7.11 Å². The molecule has 0 radical (unpaired) electrons. The van der Waals surface area contributed by atoms with Crippen molar-refractivity contribution in [2.45, 2.75) is 54.2 Å². The summed E-state index contributed by atoms with van der Waals surface area (Å²) in [5.74, 6) is 0.280. The fourth-order valence-corrected chi connectivity index (χ4v) is 3.33. The van der Waals surface area contributed by atoms with Crippen molar-refractivity contribution in [3.8, 4) is 11.8 Å². The second-order valence-electron chi connectivity index (χ2n) is 7.99. The second kappa shape index (κ2) is 10.6. The van der Waals surface area contributed by atoms with Crippen LogP contribution in [0, 0.1) is 31.1 Å². The first-order chi connectivity index (χ1) is 14.7. The molecule has 0 N–H and O–H groups in total. The number of carbonyl (C=O) groups excluding carboxylic acids is 2. The van der Waals surface area contributed by atoms with E-state index in [1.54, 1.807) is 24.3 Å². The molecule has 0 aliphatic carbocycles. The van der Waals surface area contributed by atoms with E-state index in [9.17, 15) is 14.9 Å². The Morgan fingerprint density at radius 3 is 2.52 bits per heavy atom. The highest BCUT2D eigenvalue weighted by molar-refractivity contribution is 5.98. The van der Waals surface area contributed by atoms with Crippen LogP contribution in [0.1, 0.15) is 60.1 Å². The van der Waals surface area contributed by atoms with Gasteiger partial charge in [-0.1, -0.05) is 13.8 Å². The summed E-state index contributed by atoms with van der Waals surface area (Å²) in [5.41, 5.74) is 3.90. The molecule has 0 unspecified atom stereocenters. The summed E-state index contributed by atoms with van der Waals surface area (Å²) in [4.78, 5) is 24.2. The van der Waals surface area contributed by atoms with Crippen molar-refractivity contribution in [3.05, 3.63) is 57.9 Å². The maximum Gasteiger partial charge on any atom is 0.349 e. The van der Waals surface area contributed by atoms with Crippen LogP contribution in [0.5, 0.6) is 5.75 Å². The molecule has 0 aliphatic rings. The molecule has 2 aromatic rings. The molecular formula is C25H30N2O4. The molecule has 2 rings (SSSR count). The van der Waals surface area contributed by atoms with Gasteiger partial charge in [-0.15, -0.1) is 0 Å². The van der Waals surface area contributed by atoms with Crippen molar-refractivity contribution < 1.29 is 19.1 Å². The van der Waals surface area contributed by atoms with Crippen LogP contribution >= 0.6 is 0 Å². The number of methoxy groups -OCH3 is 1. The molecule has 6 heteroatoms. The van der Waals surface area contributed by atoms with E-state index in [1.165, 1.54) is 14.0 Å². The molecule has 0 saturated carbocycles. The van der Waals surface area contributed by atoms with Crippen molar-refractivity contribution in [2.24, 2.45) is 5.92 Å². The molecule has 1 aromatic carbocycles. The lowest BCUT2D eigenvalue weighted by Gasteiger charge is -2.11. The molecule has 6 nitrogen and oxygen atoms in total. The number of aryl methyl sites for hydroxylation is 1. The molecule has 0 fully saturated rings. The lowest BCUT2D eigenvalue weighted by molar-refractivity contribution is -0.139. The molecular weight excluding hydrogens is 392 g/mol. The molecule has 0 bridgehead atoms. The number of carbonyl (C=O) groups is 2. The Morgan fingerprint density at radius 2 is 1.94 bits per heavy atom. The number of ketones is 1. The van der Waals surface area contributed by atoms with Gasteiger partial charge in [0.1, 0.15) is 24.0 Å². The zero-order valence-electron chi connectivity index (χ0n) is 19.1. The van der Waals surface area contributed by atoms with Crippen LogP contribution in [0.25, 0.3) is 6.08 Å². The summed E-state index contributed by atoms with van der Waals surface area (Å²) in [7, 11) is 1.50. The van der Waals surface area contributed by atoms with Gasteiger partial charge in [-0.25, -0.2) is 4.79 Å².